The molecule has 1 saturated heterocycles. The first kappa shape index (κ1) is 16.7. The molecule has 2 rings (SSSR count). The van der Waals surface area contributed by atoms with E-state index in [-0.39, 0.29) is 11.7 Å². The molecule has 0 bridgehead atoms. The minimum atomic E-state index is -0.186. The van der Waals surface area contributed by atoms with E-state index in [0.29, 0.717) is 31.9 Å². The fraction of sp³-hybridized carbons (Fsp3) is 0.588. The maximum Gasteiger partial charge on any atom is 0.219 e. The van der Waals surface area contributed by atoms with Gasteiger partial charge in [-0.2, -0.15) is 0 Å². The number of rotatable bonds is 6. The lowest BCUT2D eigenvalue weighted by atomic mass is 10.1. The van der Waals surface area contributed by atoms with Gasteiger partial charge in [0, 0.05) is 39.6 Å². The number of anilines is 1. The Morgan fingerprint density at radius 3 is 2.64 bits per heavy atom. The van der Waals surface area contributed by atoms with Crippen LogP contribution >= 0.6 is 0 Å². The highest BCUT2D eigenvalue weighted by molar-refractivity contribution is 5.73. The van der Waals surface area contributed by atoms with E-state index in [0.717, 1.165) is 25.1 Å². The summed E-state index contributed by atoms with van der Waals surface area (Å²) >= 11 is 0. The highest BCUT2D eigenvalue weighted by Gasteiger charge is 2.20. The first-order valence-corrected chi connectivity index (χ1v) is 8.11. The molecule has 1 aliphatic heterocycles. The number of nitrogens with zero attached hydrogens (tertiary/aromatic N) is 2. The zero-order valence-corrected chi connectivity index (χ0v) is 13.6. The van der Waals surface area contributed by atoms with Gasteiger partial charge in [-0.15, -0.1) is 0 Å². The Hall–Kier alpha value is -1.62. The van der Waals surface area contributed by atoms with Gasteiger partial charge in [-0.1, -0.05) is 19.4 Å². The summed E-state index contributed by atoms with van der Waals surface area (Å²) in [7, 11) is 0. The highest BCUT2D eigenvalue weighted by Crippen LogP contribution is 2.22. The standard InChI is InChI=1S/C17H26FN3O/c1-3-4-7-19-13-15-5-6-16(18)17(12-15)21-10-8-20(9-11-21)14(2)22/h5-6,12,19H,3-4,7-11,13H2,1-2H3. The first-order valence-electron chi connectivity index (χ1n) is 8.11. The van der Waals surface area contributed by atoms with Crippen molar-refractivity contribution in [2.45, 2.75) is 33.2 Å². The third-order valence-corrected chi connectivity index (χ3v) is 4.11. The average Bonchev–Trinajstić information content (AvgIpc) is 2.53. The maximum absolute atomic E-state index is 14.1. The van der Waals surface area contributed by atoms with E-state index < -0.39 is 0 Å². The van der Waals surface area contributed by atoms with Crippen molar-refractivity contribution >= 4 is 11.6 Å². The van der Waals surface area contributed by atoms with Crippen molar-refractivity contribution in [3.8, 4) is 0 Å². The molecule has 0 atom stereocenters. The Bertz CT molecular complexity index is 499. The summed E-state index contributed by atoms with van der Waals surface area (Å²) in [5.41, 5.74) is 1.75. The number of carbonyl (C=O) groups is 1. The minimum absolute atomic E-state index is 0.0917. The molecular weight excluding hydrogens is 281 g/mol. The van der Waals surface area contributed by atoms with Gasteiger partial charge in [-0.25, -0.2) is 4.39 Å². The summed E-state index contributed by atoms with van der Waals surface area (Å²) in [5.74, 6) is -0.0948. The molecule has 0 aromatic heterocycles. The molecule has 1 amide bonds. The number of benzene rings is 1. The Morgan fingerprint density at radius 1 is 1.27 bits per heavy atom. The van der Waals surface area contributed by atoms with Crippen molar-refractivity contribution in [1.82, 2.24) is 10.2 Å². The van der Waals surface area contributed by atoms with Crippen LogP contribution in [0.1, 0.15) is 32.3 Å². The Morgan fingerprint density at radius 2 is 2.00 bits per heavy atom. The zero-order valence-electron chi connectivity index (χ0n) is 13.6. The molecule has 1 aromatic rings. The van der Waals surface area contributed by atoms with Gasteiger partial charge < -0.3 is 15.1 Å². The second-order valence-electron chi connectivity index (χ2n) is 5.81. The average molecular weight is 307 g/mol. The molecule has 5 heteroatoms. The van der Waals surface area contributed by atoms with Gasteiger partial charge in [0.15, 0.2) is 0 Å². The van der Waals surface area contributed by atoms with Crippen molar-refractivity contribution in [3.05, 3.63) is 29.6 Å². The molecule has 0 radical (unpaired) electrons. The summed E-state index contributed by atoms with van der Waals surface area (Å²) < 4.78 is 14.1. The third-order valence-electron chi connectivity index (χ3n) is 4.11. The van der Waals surface area contributed by atoms with Gasteiger partial charge in [0.2, 0.25) is 5.91 Å². The first-order chi connectivity index (χ1) is 10.6. The van der Waals surface area contributed by atoms with E-state index in [2.05, 4.69) is 12.2 Å². The SMILES string of the molecule is CCCCNCc1ccc(F)c(N2CCN(C(C)=O)CC2)c1. The molecule has 1 N–H and O–H groups in total. The van der Waals surface area contributed by atoms with Gasteiger partial charge in [0.25, 0.3) is 0 Å². The van der Waals surface area contributed by atoms with Crippen LogP contribution in [-0.4, -0.2) is 43.5 Å². The van der Waals surface area contributed by atoms with Gasteiger partial charge in [0.05, 0.1) is 5.69 Å². The van der Waals surface area contributed by atoms with E-state index in [1.54, 1.807) is 13.0 Å². The summed E-state index contributed by atoms with van der Waals surface area (Å²) in [6, 6.07) is 5.31. The minimum Gasteiger partial charge on any atom is -0.366 e. The van der Waals surface area contributed by atoms with Gasteiger partial charge in [-0.3, -0.25) is 4.79 Å². The molecule has 0 saturated carbocycles. The molecule has 1 aromatic carbocycles. The van der Waals surface area contributed by atoms with Crippen molar-refractivity contribution in [2.75, 3.05) is 37.6 Å². The van der Waals surface area contributed by atoms with Gasteiger partial charge in [-0.05, 0) is 30.7 Å². The maximum atomic E-state index is 14.1. The second-order valence-corrected chi connectivity index (χ2v) is 5.81. The quantitative estimate of drug-likeness (QED) is 0.820. The largest absolute Gasteiger partial charge is 0.366 e. The Labute approximate surface area is 132 Å². The predicted molar refractivity (Wildman–Crippen MR) is 87.5 cm³/mol. The molecule has 122 valence electrons. The van der Waals surface area contributed by atoms with Gasteiger partial charge in [0.1, 0.15) is 5.82 Å². The number of unbranched alkanes of at least 4 members (excludes halogenated alkanes) is 1. The summed E-state index contributed by atoms with van der Waals surface area (Å²) in [5, 5.41) is 3.38. The van der Waals surface area contributed by atoms with E-state index in [4.69, 9.17) is 0 Å². The monoisotopic (exact) mass is 307 g/mol. The predicted octanol–water partition coefficient (Wildman–Crippen LogP) is 2.38. The van der Waals surface area contributed by atoms with E-state index in [9.17, 15) is 9.18 Å². The van der Waals surface area contributed by atoms with Crippen LogP contribution < -0.4 is 10.2 Å². The van der Waals surface area contributed by atoms with Crippen LogP contribution in [0.15, 0.2) is 18.2 Å². The molecule has 22 heavy (non-hydrogen) atoms. The van der Waals surface area contributed by atoms with E-state index in [1.807, 2.05) is 21.9 Å². The lowest BCUT2D eigenvalue weighted by Crippen LogP contribution is -2.48. The molecule has 4 nitrogen and oxygen atoms in total. The van der Waals surface area contributed by atoms with E-state index in [1.165, 1.54) is 6.42 Å². The van der Waals surface area contributed by atoms with Crippen molar-refractivity contribution in [1.29, 1.82) is 0 Å². The third kappa shape index (κ3) is 4.44. The van der Waals surface area contributed by atoms with Gasteiger partial charge >= 0.3 is 0 Å². The normalized spacial score (nSPS) is 15.2. The van der Waals surface area contributed by atoms with Crippen LogP contribution in [0.4, 0.5) is 10.1 Å². The van der Waals surface area contributed by atoms with Crippen molar-refractivity contribution in [3.63, 3.8) is 0 Å². The zero-order chi connectivity index (χ0) is 15.9. The number of halogens is 1. The van der Waals surface area contributed by atoms with Crippen LogP contribution in [0.25, 0.3) is 0 Å². The fourth-order valence-corrected chi connectivity index (χ4v) is 2.71. The number of carbonyl (C=O) groups excluding carboxylic acids is 1. The molecular formula is C17H26FN3O. The lowest BCUT2D eigenvalue weighted by Gasteiger charge is -2.36. The van der Waals surface area contributed by atoms with Crippen LogP contribution in [-0.2, 0) is 11.3 Å². The molecule has 0 spiro atoms. The van der Waals surface area contributed by atoms with Crippen LogP contribution in [0.3, 0.4) is 0 Å². The molecule has 0 aliphatic carbocycles. The number of hydrogen-bond acceptors (Lipinski definition) is 3. The highest BCUT2D eigenvalue weighted by atomic mass is 19.1. The number of hydrogen-bond donors (Lipinski definition) is 1. The Kier molecular flexibility index (Phi) is 6.19. The summed E-state index contributed by atoms with van der Waals surface area (Å²) in [6.45, 7) is 8.19. The fourth-order valence-electron chi connectivity index (χ4n) is 2.71. The molecule has 1 fully saturated rings. The second kappa shape index (κ2) is 8.13. The number of amides is 1. The molecule has 1 aliphatic rings. The smallest absolute Gasteiger partial charge is 0.219 e. The van der Waals surface area contributed by atoms with Crippen molar-refractivity contribution in [2.24, 2.45) is 0 Å². The summed E-state index contributed by atoms with van der Waals surface area (Å²) in [6.07, 6.45) is 2.32. The van der Waals surface area contributed by atoms with Crippen LogP contribution in [0, 0.1) is 5.82 Å². The topological polar surface area (TPSA) is 35.6 Å². The Balaban J connectivity index is 1.97. The number of piperazine rings is 1. The molecule has 1 heterocycles. The number of nitrogens with one attached hydrogen (secondary N) is 1. The van der Waals surface area contributed by atoms with Crippen LogP contribution in [0.5, 0.6) is 0 Å². The van der Waals surface area contributed by atoms with Crippen molar-refractivity contribution < 1.29 is 9.18 Å². The van der Waals surface area contributed by atoms with E-state index >= 15 is 0 Å². The molecule has 0 unspecified atom stereocenters. The summed E-state index contributed by atoms with van der Waals surface area (Å²) in [4.78, 5) is 15.2. The van der Waals surface area contributed by atoms with Crippen LogP contribution in [0.2, 0.25) is 0 Å². The lowest BCUT2D eigenvalue weighted by molar-refractivity contribution is -0.129.